The maximum Gasteiger partial charge on any atom is 0.217 e. The summed E-state index contributed by atoms with van der Waals surface area (Å²) in [6.07, 6.45) is 0.192. The maximum atomic E-state index is 11.0. The highest BCUT2D eigenvalue weighted by Crippen LogP contribution is 2.22. The Hall–Kier alpha value is -0.650. The Bertz CT molecular complexity index is 221. The van der Waals surface area contributed by atoms with Crippen LogP contribution in [0.3, 0.4) is 0 Å². The summed E-state index contributed by atoms with van der Waals surface area (Å²) in [5.74, 6) is -0.0756. The summed E-state index contributed by atoms with van der Waals surface area (Å²) in [6, 6.07) is -0.112. The van der Waals surface area contributed by atoms with Gasteiger partial charge in [0, 0.05) is 27.6 Å². The molecule has 0 aliphatic carbocycles. The standard InChI is InChI=1S/C10H19NO4/c1-6-10(11-7(2)12)8(13-3)5-9(14-4)15-6/h6,8-10H,5H2,1-4H3,(H,11,12)/t6-,8+,9+,10+/m1/s1. The summed E-state index contributed by atoms with van der Waals surface area (Å²) in [6.45, 7) is 3.39. The van der Waals surface area contributed by atoms with Crippen LogP contribution >= 0.6 is 0 Å². The van der Waals surface area contributed by atoms with Crippen molar-refractivity contribution in [3.8, 4) is 0 Å². The van der Waals surface area contributed by atoms with Crippen molar-refractivity contribution in [2.75, 3.05) is 14.2 Å². The molecule has 5 nitrogen and oxygen atoms in total. The van der Waals surface area contributed by atoms with Crippen molar-refractivity contribution in [3.63, 3.8) is 0 Å². The molecule has 1 aliphatic heterocycles. The lowest BCUT2D eigenvalue weighted by atomic mass is 9.99. The van der Waals surface area contributed by atoms with Crippen LogP contribution in [0, 0.1) is 0 Å². The molecule has 0 aromatic rings. The quantitative estimate of drug-likeness (QED) is 0.738. The van der Waals surface area contributed by atoms with Gasteiger partial charge in [0.25, 0.3) is 0 Å². The van der Waals surface area contributed by atoms with E-state index in [1.807, 2.05) is 6.92 Å². The lowest BCUT2D eigenvalue weighted by Crippen LogP contribution is -2.56. The van der Waals surface area contributed by atoms with Crippen molar-refractivity contribution in [3.05, 3.63) is 0 Å². The third kappa shape index (κ3) is 3.15. The molecule has 1 aliphatic rings. The van der Waals surface area contributed by atoms with Gasteiger partial charge < -0.3 is 19.5 Å². The predicted octanol–water partition coefficient (Wildman–Crippen LogP) is 0.287. The molecule has 88 valence electrons. The zero-order valence-corrected chi connectivity index (χ0v) is 9.65. The van der Waals surface area contributed by atoms with Crippen molar-refractivity contribution < 1.29 is 19.0 Å². The van der Waals surface area contributed by atoms with Crippen molar-refractivity contribution in [2.24, 2.45) is 0 Å². The molecule has 0 aromatic heterocycles. The monoisotopic (exact) mass is 217 g/mol. The Morgan fingerprint density at radius 1 is 1.40 bits per heavy atom. The summed E-state index contributed by atoms with van der Waals surface area (Å²) in [5, 5.41) is 2.83. The number of methoxy groups -OCH3 is 2. The van der Waals surface area contributed by atoms with Crippen LogP contribution in [-0.2, 0) is 19.0 Å². The van der Waals surface area contributed by atoms with Gasteiger partial charge in [0.15, 0.2) is 6.29 Å². The molecule has 5 heteroatoms. The van der Waals surface area contributed by atoms with Crippen LogP contribution in [0.1, 0.15) is 20.3 Å². The second-order valence-corrected chi connectivity index (χ2v) is 3.74. The van der Waals surface area contributed by atoms with Crippen LogP contribution < -0.4 is 5.32 Å². The van der Waals surface area contributed by atoms with Crippen LogP contribution in [-0.4, -0.2) is 44.7 Å². The molecule has 1 saturated heterocycles. The van der Waals surface area contributed by atoms with E-state index in [9.17, 15) is 4.79 Å². The zero-order valence-electron chi connectivity index (χ0n) is 9.65. The third-order valence-corrected chi connectivity index (χ3v) is 2.63. The molecular formula is C10H19NO4. The van der Waals surface area contributed by atoms with Crippen LogP contribution in [0.4, 0.5) is 0 Å². The van der Waals surface area contributed by atoms with E-state index in [1.165, 1.54) is 6.92 Å². The van der Waals surface area contributed by atoms with E-state index in [0.29, 0.717) is 6.42 Å². The van der Waals surface area contributed by atoms with Gasteiger partial charge in [-0.3, -0.25) is 4.79 Å². The minimum Gasteiger partial charge on any atom is -0.379 e. The summed E-state index contributed by atoms with van der Waals surface area (Å²) in [4.78, 5) is 11.0. The normalized spacial score (nSPS) is 36.3. The minimum atomic E-state index is -0.255. The predicted molar refractivity (Wildman–Crippen MR) is 54.4 cm³/mol. The molecule has 0 aromatic carbocycles. The second-order valence-electron chi connectivity index (χ2n) is 3.74. The number of amides is 1. The van der Waals surface area contributed by atoms with Crippen LogP contribution in [0.15, 0.2) is 0 Å². The fraction of sp³-hybridized carbons (Fsp3) is 0.900. The molecule has 4 atom stereocenters. The lowest BCUT2D eigenvalue weighted by Gasteiger charge is -2.39. The summed E-state index contributed by atoms with van der Waals surface area (Å²) < 4.78 is 16.0. The van der Waals surface area contributed by atoms with Gasteiger partial charge in [0.1, 0.15) is 0 Å². The van der Waals surface area contributed by atoms with Gasteiger partial charge in [-0.05, 0) is 6.92 Å². The fourth-order valence-corrected chi connectivity index (χ4v) is 1.86. The molecule has 0 bridgehead atoms. The molecule has 1 fully saturated rings. The first-order valence-corrected chi connectivity index (χ1v) is 5.06. The van der Waals surface area contributed by atoms with E-state index < -0.39 is 0 Å². The van der Waals surface area contributed by atoms with E-state index in [-0.39, 0.29) is 30.4 Å². The number of ether oxygens (including phenoxy) is 3. The van der Waals surface area contributed by atoms with Crippen LogP contribution in [0.25, 0.3) is 0 Å². The van der Waals surface area contributed by atoms with Gasteiger partial charge in [-0.25, -0.2) is 0 Å². The van der Waals surface area contributed by atoms with E-state index in [4.69, 9.17) is 14.2 Å². The molecule has 0 saturated carbocycles. The van der Waals surface area contributed by atoms with Gasteiger partial charge >= 0.3 is 0 Å². The van der Waals surface area contributed by atoms with Gasteiger partial charge in [-0.1, -0.05) is 0 Å². The molecule has 0 radical (unpaired) electrons. The number of hydrogen-bond acceptors (Lipinski definition) is 4. The zero-order chi connectivity index (χ0) is 11.4. The molecule has 0 spiro atoms. The lowest BCUT2D eigenvalue weighted by molar-refractivity contribution is -0.214. The third-order valence-electron chi connectivity index (χ3n) is 2.63. The number of nitrogens with one attached hydrogen (secondary N) is 1. The average molecular weight is 217 g/mol. The molecular weight excluding hydrogens is 198 g/mol. The molecule has 1 heterocycles. The Balaban J connectivity index is 2.64. The van der Waals surface area contributed by atoms with E-state index in [2.05, 4.69) is 5.32 Å². The smallest absolute Gasteiger partial charge is 0.217 e. The van der Waals surface area contributed by atoms with E-state index in [1.54, 1.807) is 14.2 Å². The SMILES string of the molecule is CO[C@@H]1C[C@H](OC)[C@@H](NC(C)=O)[C@@H](C)O1. The topological polar surface area (TPSA) is 56.8 Å². The second kappa shape index (κ2) is 5.44. The van der Waals surface area contributed by atoms with Crippen molar-refractivity contribution in [2.45, 2.75) is 44.8 Å². The molecule has 0 unspecified atom stereocenters. The van der Waals surface area contributed by atoms with Gasteiger partial charge in [-0.15, -0.1) is 0 Å². The molecule has 15 heavy (non-hydrogen) atoms. The van der Waals surface area contributed by atoms with Gasteiger partial charge in [0.2, 0.25) is 5.91 Å². The number of carbonyl (C=O) groups excluding carboxylic acids is 1. The molecule has 1 rings (SSSR count). The van der Waals surface area contributed by atoms with Crippen molar-refractivity contribution in [1.29, 1.82) is 0 Å². The van der Waals surface area contributed by atoms with E-state index in [0.717, 1.165) is 0 Å². The average Bonchev–Trinajstić information content (AvgIpc) is 2.20. The first-order chi connectivity index (χ1) is 7.08. The number of rotatable bonds is 3. The Morgan fingerprint density at radius 2 is 2.07 bits per heavy atom. The maximum absolute atomic E-state index is 11.0. The minimum absolute atomic E-state index is 0.0670. The van der Waals surface area contributed by atoms with Crippen molar-refractivity contribution >= 4 is 5.91 Å². The first-order valence-electron chi connectivity index (χ1n) is 5.06. The Labute approximate surface area is 90.1 Å². The Morgan fingerprint density at radius 3 is 2.53 bits per heavy atom. The van der Waals surface area contributed by atoms with Crippen LogP contribution in [0.5, 0.6) is 0 Å². The van der Waals surface area contributed by atoms with Gasteiger partial charge in [0.05, 0.1) is 18.2 Å². The number of carbonyl (C=O) groups is 1. The van der Waals surface area contributed by atoms with Crippen LogP contribution in [0.2, 0.25) is 0 Å². The highest BCUT2D eigenvalue weighted by atomic mass is 16.7. The van der Waals surface area contributed by atoms with E-state index >= 15 is 0 Å². The van der Waals surface area contributed by atoms with Crippen molar-refractivity contribution in [1.82, 2.24) is 5.32 Å². The summed E-state index contributed by atoms with van der Waals surface area (Å²) in [7, 11) is 3.23. The number of hydrogen-bond donors (Lipinski definition) is 1. The highest BCUT2D eigenvalue weighted by molar-refractivity contribution is 5.73. The fourth-order valence-electron chi connectivity index (χ4n) is 1.86. The highest BCUT2D eigenvalue weighted by Gasteiger charge is 2.37. The molecule has 1 amide bonds. The largest absolute Gasteiger partial charge is 0.379 e. The molecule has 1 N–H and O–H groups in total. The first kappa shape index (κ1) is 12.4. The summed E-state index contributed by atoms with van der Waals surface area (Å²) in [5.41, 5.74) is 0. The Kier molecular flexibility index (Phi) is 4.50. The summed E-state index contributed by atoms with van der Waals surface area (Å²) >= 11 is 0. The van der Waals surface area contributed by atoms with Gasteiger partial charge in [-0.2, -0.15) is 0 Å².